The van der Waals surface area contributed by atoms with Crippen LogP contribution in [0.1, 0.15) is 33.6 Å². The highest BCUT2D eigenvalue weighted by Crippen LogP contribution is 2.32. The number of rotatable bonds is 4. The molecule has 154 valence electrons. The quantitative estimate of drug-likeness (QED) is 0.852. The summed E-state index contributed by atoms with van der Waals surface area (Å²) >= 11 is 0. The molecule has 2 aliphatic rings. The first-order chi connectivity index (χ1) is 13.2. The fraction of sp³-hybridized carbons (Fsp3) is 0.600. The molecule has 2 amide bonds. The SMILES string of the molecule is CC(C)(C)N(C(=O)O)C1CCN(CCN2C(=O)COc3ccc(F)cc32)CC1. The summed E-state index contributed by atoms with van der Waals surface area (Å²) in [5.41, 5.74) is 0.0306. The minimum atomic E-state index is -0.886. The molecular weight excluding hydrogens is 365 g/mol. The van der Waals surface area contributed by atoms with E-state index in [2.05, 4.69) is 4.90 Å². The van der Waals surface area contributed by atoms with Crippen molar-refractivity contribution in [1.29, 1.82) is 0 Å². The van der Waals surface area contributed by atoms with Crippen molar-refractivity contribution in [2.45, 2.75) is 45.2 Å². The van der Waals surface area contributed by atoms with Gasteiger partial charge in [0.1, 0.15) is 11.6 Å². The highest BCUT2D eigenvalue weighted by Gasteiger charge is 2.35. The standard InChI is InChI=1S/C20H28FN3O4/c1-20(2,3)24(19(26)27)15-6-8-22(9-7-15)10-11-23-16-12-14(21)4-5-17(16)28-13-18(23)25/h4-5,12,15H,6-11,13H2,1-3H3,(H,26,27). The molecule has 0 unspecified atom stereocenters. The summed E-state index contributed by atoms with van der Waals surface area (Å²) in [4.78, 5) is 29.3. The predicted octanol–water partition coefficient (Wildman–Crippen LogP) is 2.79. The number of hydrogen-bond acceptors (Lipinski definition) is 4. The van der Waals surface area contributed by atoms with Gasteiger partial charge in [-0.2, -0.15) is 0 Å². The van der Waals surface area contributed by atoms with E-state index in [0.717, 1.165) is 25.9 Å². The summed E-state index contributed by atoms with van der Waals surface area (Å²) in [5, 5.41) is 9.57. The van der Waals surface area contributed by atoms with E-state index in [1.807, 2.05) is 20.8 Å². The van der Waals surface area contributed by atoms with E-state index in [1.165, 1.54) is 12.1 Å². The smallest absolute Gasteiger partial charge is 0.407 e. The van der Waals surface area contributed by atoms with Crippen molar-refractivity contribution < 1.29 is 23.8 Å². The zero-order valence-electron chi connectivity index (χ0n) is 16.7. The van der Waals surface area contributed by atoms with Gasteiger partial charge in [0, 0.05) is 43.8 Å². The fourth-order valence-electron chi connectivity index (χ4n) is 4.05. The van der Waals surface area contributed by atoms with Gasteiger partial charge in [-0.3, -0.25) is 4.79 Å². The highest BCUT2D eigenvalue weighted by atomic mass is 19.1. The van der Waals surface area contributed by atoms with Gasteiger partial charge in [0.05, 0.1) is 5.69 Å². The third-order valence-corrected chi connectivity index (χ3v) is 5.35. The second kappa shape index (κ2) is 7.95. The van der Waals surface area contributed by atoms with Crippen molar-refractivity contribution in [3.63, 3.8) is 0 Å². The van der Waals surface area contributed by atoms with Crippen molar-refractivity contribution in [1.82, 2.24) is 9.80 Å². The predicted molar refractivity (Wildman–Crippen MR) is 103 cm³/mol. The molecule has 8 heteroatoms. The molecule has 0 aliphatic carbocycles. The lowest BCUT2D eigenvalue weighted by Crippen LogP contribution is -2.55. The van der Waals surface area contributed by atoms with Gasteiger partial charge in [-0.25, -0.2) is 9.18 Å². The largest absolute Gasteiger partial charge is 0.482 e. The molecule has 0 bridgehead atoms. The van der Waals surface area contributed by atoms with Crippen LogP contribution in [0.15, 0.2) is 18.2 Å². The van der Waals surface area contributed by atoms with Crippen molar-refractivity contribution in [2.24, 2.45) is 0 Å². The lowest BCUT2D eigenvalue weighted by atomic mass is 9.97. The minimum absolute atomic E-state index is 0.00593. The molecule has 2 heterocycles. The van der Waals surface area contributed by atoms with Crippen LogP contribution < -0.4 is 9.64 Å². The number of anilines is 1. The Morgan fingerprint density at radius 1 is 1.29 bits per heavy atom. The van der Waals surface area contributed by atoms with Gasteiger partial charge < -0.3 is 24.5 Å². The van der Waals surface area contributed by atoms with Crippen LogP contribution in [0.4, 0.5) is 14.9 Å². The average Bonchev–Trinajstić information content (AvgIpc) is 2.60. The van der Waals surface area contributed by atoms with Crippen molar-refractivity contribution >= 4 is 17.7 Å². The number of carbonyl (C=O) groups excluding carboxylic acids is 1. The maximum atomic E-state index is 13.6. The number of hydrogen-bond donors (Lipinski definition) is 1. The van der Waals surface area contributed by atoms with Crippen LogP contribution in [0, 0.1) is 5.82 Å². The number of carboxylic acid groups (broad SMARTS) is 1. The van der Waals surface area contributed by atoms with Crippen molar-refractivity contribution in [3.8, 4) is 5.75 Å². The molecule has 0 radical (unpaired) electrons. The van der Waals surface area contributed by atoms with Crippen LogP contribution in [0.5, 0.6) is 5.75 Å². The zero-order valence-corrected chi connectivity index (χ0v) is 16.7. The van der Waals surface area contributed by atoms with Crippen LogP contribution in [-0.4, -0.2) is 71.3 Å². The summed E-state index contributed by atoms with van der Waals surface area (Å²) in [6.07, 6.45) is 0.626. The molecule has 3 rings (SSSR count). The fourth-order valence-corrected chi connectivity index (χ4v) is 4.05. The number of ether oxygens (including phenoxy) is 1. The van der Waals surface area contributed by atoms with Gasteiger partial charge in [0.2, 0.25) is 0 Å². The molecule has 7 nitrogen and oxygen atoms in total. The Hall–Kier alpha value is -2.35. The first-order valence-electron chi connectivity index (χ1n) is 9.64. The lowest BCUT2D eigenvalue weighted by molar-refractivity contribution is -0.121. The number of benzene rings is 1. The Kier molecular flexibility index (Phi) is 5.79. The zero-order chi connectivity index (χ0) is 20.5. The maximum absolute atomic E-state index is 13.6. The molecule has 28 heavy (non-hydrogen) atoms. The molecular formula is C20H28FN3O4. The van der Waals surface area contributed by atoms with Gasteiger partial charge in [0.15, 0.2) is 6.61 Å². The third-order valence-electron chi connectivity index (χ3n) is 5.35. The number of amides is 2. The first kappa shape index (κ1) is 20.4. The molecule has 0 atom stereocenters. The molecule has 1 N–H and O–H groups in total. The second-order valence-electron chi connectivity index (χ2n) is 8.34. The van der Waals surface area contributed by atoms with E-state index in [4.69, 9.17) is 4.74 Å². The van der Waals surface area contributed by atoms with Crippen LogP contribution in [-0.2, 0) is 4.79 Å². The van der Waals surface area contributed by atoms with Gasteiger partial charge in [-0.05, 0) is 45.7 Å². The van der Waals surface area contributed by atoms with Crippen LogP contribution in [0.3, 0.4) is 0 Å². The normalized spacial score (nSPS) is 18.6. The van der Waals surface area contributed by atoms with E-state index in [-0.39, 0.29) is 18.6 Å². The van der Waals surface area contributed by atoms with Crippen molar-refractivity contribution in [3.05, 3.63) is 24.0 Å². The van der Waals surface area contributed by atoms with Gasteiger partial charge in [0.25, 0.3) is 5.91 Å². The average molecular weight is 393 g/mol. The van der Waals surface area contributed by atoms with Crippen molar-refractivity contribution in [2.75, 3.05) is 37.7 Å². The molecule has 1 aromatic carbocycles. The lowest BCUT2D eigenvalue weighted by Gasteiger charge is -2.43. The molecule has 1 saturated heterocycles. The Bertz CT molecular complexity index is 741. The number of carbonyl (C=O) groups is 2. The Morgan fingerprint density at radius 3 is 2.57 bits per heavy atom. The molecule has 1 aromatic rings. The minimum Gasteiger partial charge on any atom is -0.482 e. The number of likely N-dealkylation sites (tertiary alicyclic amines) is 1. The topological polar surface area (TPSA) is 73.3 Å². The third kappa shape index (κ3) is 4.38. The van der Waals surface area contributed by atoms with Gasteiger partial charge >= 0.3 is 6.09 Å². The highest BCUT2D eigenvalue weighted by molar-refractivity contribution is 5.97. The molecule has 0 aromatic heterocycles. The number of fused-ring (bicyclic) bond motifs is 1. The summed E-state index contributed by atoms with van der Waals surface area (Å²) in [5.74, 6) is -0.0708. The van der Waals surface area contributed by atoms with Crippen LogP contribution in [0.25, 0.3) is 0 Å². The summed E-state index contributed by atoms with van der Waals surface area (Å²) in [6, 6.07) is 4.18. The Balaban J connectivity index is 1.58. The molecule has 1 fully saturated rings. The summed E-state index contributed by atoms with van der Waals surface area (Å²) < 4.78 is 19.0. The van der Waals surface area contributed by atoms with E-state index in [9.17, 15) is 19.1 Å². The van der Waals surface area contributed by atoms with E-state index in [0.29, 0.717) is 24.5 Å². The number of nitrogens with zero attached hydrogens (tertiary/aromatic N) is 3. The van der Waals surface area contributed by atoms with Gasteiger partial charge in [-0.15, -0.1) is 0 Å². The maximum Gasteiger partial charge on any atom is 0.407 e. The van der Waals surface area contributed by atoms with E-state index < -0.39 is 17.4 Å². The van der Waals surface area contributed by atoms with E-state index in [1.54, 1.807) is 15.9 Å². The second-order valence-corrected chi connectivity index (χ2v) is 8.34. The number of piperidine rings is 1. The van der Waals surface area contributed by atoms with E-state index >= 15 is 0 Å². The Morgan fingerprint density at radius 2 is 1.96 bits per heavy atom. The Labute approximate surface area is 164 Å². The van der Waals surface area contributed by atoms with Gasteiger partial charge in [-0.1, -0.05) is 0 Å². The summed E-state index contributed by atoms with van der Waals surface area (Å²) in [6.45, 7) is 8.32. The molecule has 0 saturated carbocycles. The first-order valence-corrected chi connectivity index (χ1v) is 9.64. The van der Waals surface area contributed by atoms with Crippen LogP contribution in [0.2, 0.25) is 0 Å². The summed E-state index contributed by atoms with van der Waals surface area (Å²) in [7, 11) is 0. The monoisotopic (exact) mass is 393 g/mol. The number of halogens is 1. The molecule has 2 aliphatic heterocycles. The molecule has 0 spiro atoms. The van der Waals surface area contributed by atoms with Crippen LogP contribution >= 0.6 is 0 Å².